The van der Waals surface area contributed by atoms with Crippen molar-refractivity contribution in [1.29, 1.82) is 0 Å². The Bertz CT molecular complexity index is 333. The fourth-order valence-electron chi connectivity index (χ4n) is 3.93. The van der Waals surface area contributed by atoms with Gasteiger partial charge in [0.05, 0.1) is 0 Å². The van der Waals surface area contributed by atoms with Crippen LogP contribution in [0.1, 0.15) is 39.5 Å². The van der Waals surface area contributed by atoms with Crippen molar-refractivity contribution in [3.05, 3.63) is 0 Å². The molecule has 1 amide bonds. The average Bonchev–Trinajstić information content (AvgIpc) is 2.85. The zero-order chi connectivity index (χ0) is 12.8. The van der Waals surface area contributed by atoms with Crippen molar-refractivity contribution >= 4 is 5.91 Å². The first-order valence-electron chi connectivity index (χ1n) is 7.62. The maximum Gasteiger partial charge on any atom is 0.226 e. The number of amides is 1. The minimum Gasteiger partial charge on any atom is -0.342 e. The topological polar surface area (TPSA) is 32.3 Å². The van der Waals surface area contributed by atoms with Gasteiger partial charge < -0.3 is 10.2 Å². The van der Waals surface area contributed by atoms with Crippen molar-refractivity contribution in [2.45, 2.75) is 39.5 Å². The van der Waals surface area contributed by atoms with E-state index in [9.17, 15) is 4.79 Å². The van der Waals surface area contributed by atoms with Crippen LogP contribution in [0.15, 0.2) is 0 Å². The second-order valence-corrected chi connectivity index (χ2v) is 6.95. The molecule has 3 nitrogen and oxygen atoms in total. The van der Waals surface area contributed by atoms with Crippen molar-refractivity contribution in [2.24, 2.45) is 23.2 Å². The molecular weight excluding hydrogens is 224 g/mol. The number of carbonyl (C=O) groups is 1. The average molecular weight is 250 g/mol. The lowest BCUT2D eigenvalue weighted by molar-refractivity contribution is -0.132. The molecule has 1 saturated carbocycles. The summed E-state index contributed by atoms with van der Waals surface area (Å²) in [6.45, 7) is 8.80. The molecule has 1 N–H and O–H groups in total. The second kappa shape index (κ2) is 4.52. The standard InChI is InChI=1S/C15H26N2O/c1-11(2)12-3-8-17(10-12)14(18)13-9-15(13)4-6-16-7-5-15/h11-13,16H,3-10H2,1-2H3. The van der Waals surface area contributed by atoms with E-state index in [4.69, 9.17) is 0 Å². The molecule has 2 heterocycles. The molecule has 3 fully saturated rings. The third kappa shape index (κ3) is 2.07. The minimum absolute atomic E-state index is 0.366. The Balaban J connectivity index is 1.57. The number of piperidine rings is 1. The van der Waals surface area contributed by atoms with Crippen LogP contribution in [-0.2, 0) is 4.79 Å². The zero-order valence-corrected chi connectivity index (χ0v) is 11.7. The Labute approximate surface area is 110 Å². The molecule has 2 atom stereocenters. The molecule has 2 unspecified atom stereocenters. The van der Waals surface area contributed by atoms with E-state index in [1.54, 1.807) is 0 Å². The molecule has 0 aromatic carbocycles. The lowest BCUT2D eigenvalue weighted by Gasteiger charge is -2.25. The summed E-state index contributed by atoms with van der Waals surface area (Å²) < 4.78 is 0. The fourth-order valence-corrected chi connectivity index (χ4v) is 3.93. The highest BCUT2D eigenvalue weighted by Crippen LogP contribution is 2.59. The van der Waals surface area contributed by atoms with E-state index in [1.807, 2.05) is 0 Å². The van der Waals surface area contributed by atoms with E-state index in [-0.39, 0.29) is 0 Å². The number of nitrogens with zero attached hydrogens (tertiary/aromatic N) is 1. The second-order valence-electron chi connectivity index (χ2n) is 6.95. The number of hydrogen-bond acceptors (Lipinski definition) is 2. The Morgan fingerprint density at radius 3 is 2.67 bits per heavy atom. The Kier molecular flexibility index (Phi) is 3.13. The van der Waals surface area contributed by atoms with Crippen LogP contribution in [0, 0.1) is 23.2 Å². The summed E-state index contributed by atoms with van der Waals surface area (Å²) in [5.74, 6) is 2.29. The van der Waals surface area contributed by atoms with Crippen molar-refractivity contribution in [3.8, 4) is 0 Å². The summed E-state index contributed by atoms with van der Waals surface area (Å²) in [5, 5.41) is 3.41. The number of rotatable bonds is 2. The zero-order valence-electron chi connectivity index (χ0n) is 11.7. The van der Waals surface area contributed by atoms with Crippen LogP contribution in [0.3, 0.4) is 0 Å². The molecule has 0 radical (unpaired) electrons. The lowest BCUT2D eigenvalue weighted by Crippen LogP contribution is -2.35. The third-order valence-corrected chi connectivity index (χ3v) is 5.57. The van der Waals surface area contributed by atoms with E-state index in [2.05, 4.69) is 24.1 Å². The molecule has 0 aromatic heterocycles. The van der Waals surface area contributed by atoms with Gasteiger partial charge >= 0.3 is 0 Å². The first-order valence-corrected chi connectivity index (χ1v) is 7.62. The van der Waals surface area contributed by atoms with Crippen molar-refractivity contribution in [3.63, 3.8) is 0 Å². The normalized spacial score (nSPS) is 34.3. The van der Waals surface area contributed by atoms with Gasteiger partial charge in [0.1, 0.15) is 0 Å². The van der Waals surface area contributed by atoms with E-state index >= 15 is 0 Å². The Morgan fingerprint density at radius 2 is 2.06 bits per heavy atom. The van der Waals surface area contributed by atoms with Crippen molar-refractivity contribution in [2.75, 3.05) is 26.2 Å². The summed E-state index contributed by atoms with van der Waals surface area (Å²) in [5.41, 5.74) is 0.401. The molecular formula is C15H26N2O. The summed E-state index contributed by atoms with van der Waals surface area (Å²) in [6, 6.07) is 0. The number of carbonyl (C=O) groups excluding carboxylic acids is 1. The van der Waals surface area contributed by atoms with E-state index < -0.39 is 0 Å². The molecule has 0 aromatic rings. The molecule has 2 aliphatic heterocycles. The van der Waals surface area contributed by atoms with Gasteiger partial charge in [-0.3, -0.25) is 4.79 Å². The molecule has 2 saturated heterocycles. The van der Waals surface area contributed by atoms with Crippen molar-refractivity contribution < 1.29 is 4.79 Å². The summed E-state index contributed by atoms with van der Waals surface area (Å²) >= 11 is 0. The van der Waals surface area contributed by atoms with E-state index in [0.717, 1.165) is 44.4 Å². The molecule has 1 spiro atoms. The van der Waals surface area contributed by atoms with E-state index in [0.29, 0.717) is 17.2 Å². The highest BCUT2D eigenvalue weighted by atomic mass is 16.2. The first-order chi connectivity index (χ1) is 8.62. The fraction of sp³-hybridized carbons (Fsp3) is 0.933. The van der Waals surface area contributed by atoms with Crippen LogP contribution >= 0.6 is 0 Å². The quantitative estimate of drug-likeness (QED) is 0.811. The van der Waals surface area contributed by atoms with Crippen LogP contribution < -0.4 is 5.32 Å². The van der Waals surface area contributed by atoms with Crippen LogP contribution in [0.5, 0.6) is 0 Å². The maximum atomic E-state index is 12.6. The molecule has 3 rings (SSSR count). The predicted octanol–water partition coefficient (Wildman–Crippen LogP) is 1.88. The van der Waals surface area contributed by atoms with Gasteiger partial charge in [-0.25, -0.2) is 0 Å². The van der Waals surface area contributed by atoms with Gasteiger partial charge in [-0.05, 0) is 56.0 Å². The largest absolute Gasteiger partial charge is 0.342 e. The molecule has 18 heavy (non-hydrogen) atoms. The van der Waals surface area contributed by atoms with Crippen molar-refractivity contribution in [1.82, 2.24) is 10.2 Å². The van der Waals surface area contributed by atoms with Crippen LogP contribution in [0.2, 0.25) is 0 Å². The highest BCUT2D eigenvalue weighted by Gasteiger charge is 2.58. The van der Waals surface area contributed by atoms with Crippen LogP contribution in [0.25, 0.3) is 0 Å². The molecule has 0 bridgehead atoms. The van der Waals surface area contributed by atoms with Crippen LogP contribution in [0.4, 0.5) is 0 Å². The Hall–Kier alpha value is -0.570. The maximum absolute atomic E-state index is 12.6. The SMILES string of the molecule is CC(C)C1CCN(C(=O)C2CC23CCNCC3)C1. The number of hydrogen-bond donors (Lipinski definition) is 1. The summed E-state index contributed by atoms with van der Waals surface area (Å²) in [4.78, 5) is 14.7. The van der Waals surface area contributed by atoms with Crippen LogP contribution in [-0.4, -0.2) is 37.0 Å². The van der Waals surface area contributed by atoms with Gasteiger partial charge in [0.2, 0.25) is 5.91 Å². The number of likely N-dealkylation sites (tertiary alicyclic amines) is 1. The minimum atomic E-state index is 0.366. The summed E-state index contributed by atoms with van der Waals surface area (Å²) in [7, 11) is 0. The predicted molar refractivity (Wildman–Crippen MR) is 72.2 cm³/mol. The molecule has 3 aliphatic rings. The molecule has 102 valence electrons. The van der Waals surface area contributed by atoms with Gasteiger partial charge in [0.15, 0.2) is 0 Å². The van der Waals surface area contributed by atoms with E-state index in [1.165, 1.54) is 19.3 Å². The Morgan fingerprint density at radius 1 is 1.33 bits per heavy atom. The first kappa shape index (κ1) is 12.5. The van der Waals surface area contributed by atoms with Gasteiger partial charge in [-0.2, -0.15) is 0 Å². The lowest BCUT2D eigenvalue weighted by atomic mass is 9.91. The molecule has 3 heteroatoms. The van der Waals surface area contributed by atoms with Gasteiger partial charge in [-0.1, -0.05) is 13.8 Å². The molecule has 1 aliphatic carbocycles. The highest BCUT2D eigenvalue weighted by molar-refractivity contribution is 5.83. The monoisotopic (exact) mass is 250 g/mol. The third-order valence-electron chi connectivity index (χ3n) is 5.57. The van der Waals surface area contributed by atoms with Gasteiger partial charge in [0.25, 0.3) is 0 Å². The summed E-state index contributed by atoms with van der Waals surface area (Å²) in [6.07, 6.45) is 4.80. The number of nitrogens with one attached hydrogen (secondary N) is 1. The van der Waals surface area contributed by atoms with Gasteiger partial charge in [0, 0.05) is 19.0 Å². The smallest absolute Gasteiger partial charge is 0.226 e. The van der Waals surface area contributed by atoms with Gasteiger partial charge in [-0.15, -0.1) is 0 Å².